The van der Waals surface area contributed by atoms with Crippen LogP contribution in [0.5, 0.6) is 0 Å². The highest BCUT2D eigenvalue weighted by Gasteiger charge is 2.36. The van der Waals surface area contributed by atoms with Gasteiger partial charge in [-0.25, -0.2) is 4.89 Å². The zero-order valence-electron chi connectivity index (χ0n) is 12.2. The van der Waals surface area contributed by atoms with Crippen LogP contribution in [0, 0.1) is 11.8 Å². The van der Waals surface area contributed by atoms with Gasteiger partial charge < -0.3 is 0 Å². The topological polar surface area (TPSA) is 76.1 Å². The number of amides is 2. The van der Waals surface area contributed by atoms with Gasteiger partial charge in [0.15, 0.2) is 6.10 Å². The molecule has 0 fully saturated rings. The van der Waals surface area contributed by atoms with E-state index in [0.717, 1.165) is 12.8 Å². The summed E-state index contributed by atoms with van der Waals surface area (Å²) in [7, 11) is 0. The molecular formula is C16H17NO5. The highest BCUT2D eigenvalue weighted by Crippen LogP contribution is 2.22. The third-order valence-corrected chi connectivity index (χ3v) is 3.16. The summed E-state index contributed by atoms with van der Waals surface area (Å²) in [6, 6.07) is 6.46. The molecule has 1 aromatic rings. The first kappa shape index (κ1) is 16.2. The van der Waals surface area contributed by atoms with Gasteiger partial charge in [-0.15, -0.1) is 11.0 Å². The largest absolute Gasteiger partial charge is 0.285 e. The number of hydroxylamine groups is 2. The van der Waals surface area contributed by atoms with Crippen LogP contribution in [0.1, 0.15) is 46.9 Å². The standard InChI is InChI=1S/C16H17NO5/c1-2-3-4-5-8-12(22-20)11-21-17-15(18)13-9-6-7-10-14(13)16(17)19/h6-7,9-10,12,20H,2-4,11H2,1H3. The van der Waals surface area contributed by atoms with Gasteiger partial charge in [-0.1, -0.05) is 31.4 Å². The Hall–Kier alpha value is -2.20. The number of carbonyl (C=O) groups is 2. The second-order valence-electron chi connectivity index (χ2n) is 4.76. The van der Waals surface area contributed by atoms with Crippen LogP contribution in [0.4, 0.5) is 0 Å². The number of hydrogen-bond acceptors (Lipinski definition) is 5. The summed E-state index contributed by atoms with van der Waals surface area (Å²) in [5.41, 5.74) is 0.589. The van der Waals surface area contributed by atoms with Crippen molar-refractivity contribution in [1.29, 1.82) is 0 Å². The third kappa shape index (κ3) is 3.52. The first-order valence-electron chi connectivity index (χ1n) is 7.08. The molecule has 1 aliphatic rings. The van der Waals surface area contributed by atoms with E-state index in [-0.39, 0.29) is 6.61 Å². The van der Waals surface area contributed by atoms with Gasteiger partial charge in [0.1, 0.15) is 6.61 Å². The van der Waals surface area contributed by atoms with Crippen molar-refractivity contribution in [3.05, 3.63) is 35.4 Å². The molecule has 1 N–H and O–H groups in total. The summed E-state index contributed by atoms with van der Waals surface area (Å²) in [4.78, 5) is 33.5. The highest BCUT2D eigenvalue weighted by atomic mass is 17.1. The van der Waals surface area contributed by atoms with E-state index in [1.807, 2.05) is 6.92 Å². The van der Waals surface area contributed by atoms with Crippen molar-refractivity contribution in [2.45, 2.75) is 32.3 Å². The highest BCUT2D eigenvalue weighted by molar-refractivity contribution is 6.20. The Labute approximate surface area is 128 Å². The molecule has 1 aliphatic heterocycles. The number of rotatable bonds is 6. The van der Waals surface area contributed by atoms with Crippen LogP contribution in [0.25, 0.3) is 0 Å². The average Bonchev–Trinajstić information content (AvgIpc) is 2.79. The van der Waals surface area contributed by atoms with Crippen molar-refractivity contribution >= 4 is 11.8 Å². The number of fused-ring (bicyclic) bond motifs is 1. The molecule has 0 saturated carbocycles. The molecule has 22 heavy (non-hydrogen) atoms. The number of unbranched alkanes of at least 4 members (excludes halogenated alkanes) is 2. The molecule has 1 heterocycles. The summed E-state index contributed by atoms with van der Waals surface area (Å²) in [5.74, 6) is 4.47. The Morgan fingerprint density at radius 3 is 2.41 bits per heavy atom. The molecule has 116 valence electrons. The van der Waals surface area contributed by atoms with E-state index >= 15 is 0 Å². The van der Waals surface area contributed by atoms with Gasteiger partial charge in [-0.3, -0.25) is 19.7 Å². The summed E-state index contributed by atoms with van der Waals surface area (Å²) >= 11 is 0. The maximum atomic E-state index is 12.0. The molecule has 0 aromatic heterocycles. The first-order valence-corrected chi connectivity index (χ1v) is 7.08. The van der Waals surface area contributed by atoms with Crippen molar-refractivity contribution < 1.29 is 24.6 Å². The third-order valence-electron chi connectivity index (χ3n) is 3.16. The minimum absolute atomic E-state index is 0.221. The molecular weight excluding hydrogens is 286 g/mol. The quantitative estimate of drug-likeness (QED) is 0.287. The second-order valence-corrected chi connectivity index (χ2v) is 4.76. The molecule has 6 heteroatoms. The Morgan fingerprint density at radius 1 is 1.23 bits per heavy atom. The normalized spacial score (nSPS) is 14.5. The van der Waals surface area contributed by atoms with Gasteiger partial charge >= 0.3 is 0 Å². The number of carbonyl (C=O) groups excluding carboxylic acids is 2. The lowest BCUT2D eigenvalue weighted by Crippen LogP contribution is -2.33. The molecule has 2 rings (SSSR count). The van der Waals surface area contributed by atoms with Crippen LogP contribution in [0.2, 0.25) is 0 Å². The summed E-state index contributed by atoms with van der Waals surface area (Å²) < 4.78 is 0. The van der Waals surface area contributed by atoms with Crippen molar-refractivity contribution in [3.8, 4) is 11.8 Å². The lowest BCUT2D eigenvalue weighted by molar-refractivity contribution is -0.280. The van der Waals surface area contributed by atoms with Crippen molar-refractivity contribution in [1.82, 2.24) is 5.06 Å². The lowest BCUT2D eigenvalue weighted by atomic mass is 10.1. The minimum Gasteiger partial charge on any atom is -0.266 e. The van der Waals surface area contributed by atoms with E-state index in [4.69, 9.17) is 10.1 Å². The van der Waals surface area contributed by atoms with Gasteiger partial charge in [-0.2, -0.15) is 0 Å². The zero-order valence-corrected chi connectivity index (χ0v) is 12.2. The van der Waals surface area contributed by atoms with Crippen molar-refractivity contribution in [3.63, 3.8) is 0 Å². The van der Waals surface area contributed by atoms with E-state index in [0.29, 0.717) is 22.6 Å². The van der Waals surface area contributed by atoms with Crippen LogP contribution in [0.3, 0.4) is 0 Å². The fraction of sp³-hybridized carbons (Fsp3) is 0.375. The maximum Gasteiger partial charge on any atom is 0.285 e. The molecule has 1 atom stereocenters. The van der Waals surface area contributed by atoms with Crippen LogP contribution in [-0.2, 0) is 9.73 Å². The number of imide groups is 1. The van der Waals surface area contributed by atoms with Crippen LogP contribution in [0.15, 0.2) is 24.3 Å². The van der Waals surface area contributed by atoms with Gasteiger partial charge in [0.2, 0.25) is 0 Å². The Bertz CT molecular complexity index is 581. The van der Waals surface area contributed by atoms with Crippen LogP contribution >= 0.6 is 0 Å². The summed E-state index contributed by atoms with van der Waals surface area (Å²) in [6.45, 7) is 1.83. The fourth-order valence-electron chi connectivity index (χ4n) is 1.98. The van der Waals surface area contributed by atoms with E-state index in [1.165, 1.54) is 0 Å². The molecule has 0 bridgehead atoms. The van der Waals surface area contributed by atoms with Crippen molar-refractivity contribution in [2.75, 3.05) is 6.61 Å². The summed E-state index contributed by atoms with van der Waals surface area (Å²) in [6.07, 6.45) is 1.74. The number of hydrogen-bond donors (Lipinski definition) is 1. The Kier molecular flexibility index (Phi) is 5.67. The smallest absolute Gasteiger partial charge is 0.266 e. The molecule has 2 amide bonds. The Morgan fingerprint density at radius 2 is 1.86 bits per heavy atom. The summed E-state index contributed by atoms with van der Waals surface area (Å²) in [5, 5.41) is 9.46. The van der Waals surface area contributed by atoms with Gasteiger partial charge in [-0.05, 0) is 18.6 Å². The molecule has 0 saturated heterocycles. The molecule has 1 unspecified atom stereocenters. The van der Waals surface area contributed by atoms with Crippen LogP contribution < -0.4 is 0 Å². The Balaban J connectivity index is 1.95. The average molecular weight is 303 g/mol. The molecule has 1 aromatic carbocycles. The minimum atomic E-state index is -0.916. The number of benzene rings is 1. The van der Waals surface area contributed by atoms with Crippen LogP contribution in [-0.4, -0.2) is 34.8 Å². The monoisotopic (exact) mass is 303 g/mol. The van der Waals surface area contributed by atoms with Gasteiger partial charge in [0.25, 0.3) is 11.8 Å². The fourth-order valence-corrected chi connectivity index (χ4v) is 1.98. The first-order chi connectivity index (χ1) is 10.7. The van der Waals surface area contributed by atoms with E-state index in [2.05, 4.69) is 16.7 Å². The maximum absolute atomic E-state index is 12.0. The predicted octanol–water partition coefficient (Wildman–Crippen LogP) is 2.27. The van der Waals surface area contributed by atoms with E-state index in [9.17, 15) is 9.59 Å². The SMILES string of the molecule is CCCCC#CC(CON1C(=O)c2ccccc2C1=O)OO. The van der Waals surface area contributed by atoms with Crippen molar-refractivity contribution in [2.24, 2.45) is 0 Å². The van der Waals surface area contributed by atoms with Gasteiger partial charge in [0, 0.05) is 6.42 Å². The molecule has 0 radical (unpaired) electrons. The van der Waals surface area contributed by atoms with E-state index in [1.54, 1.807) is 24.3 Å². The zero-order chi connectivity index (χ0) is 15.9. The lowest BCUT2D eigenvalue weighted by Gasteiger charge is -2.14. The molecule has 0 aliphatic carbocycles. The molecule has 6 nitrogen and oxygen atoms in total. The second kappa shape index (κ2) is 7.71. The molecule has 0 spiro atoms. The predicted molar refractivity (Wildman–Crippen MR) is 77.7 cm³/mol. The van der Waals surface area contributed by atoms with E-state index < -0.39 is 17.9 Å². The number of nitrogens with zero attached hydrogens (tertiary/aromatic N) is 1. The van der Waals surface area contributed by atoms with Gasteiger partial charge in [0.05, 0.1) is 11.1 Å².